The Morgan fingerprint density at radius 2 is 1.67 bits per heavy atom. The lowest BCUT2D eigenvalue weighted by Gasteiger charge is -2.09. The van der Waals surface area contributed by atoms with E-state index < -0.39 is 0 Å². The van der Waals surface area contributed by atoms with E-state index in [1.807, 2.05) is 24.3 Å². The number of halogens is 1. The average Bonchev–Trinajstić information content (AvgIpc) is 2.52. The van der Waals surface area contributed by atoms with Crippen LogP contribution in [-0.4, -0.2) is 26.9 Å². The second-order valence-electron chi connectivity index (χ2n) is 4.67. The van der Waals surface area contributed by atoms with Crippen molar-refractivity contribution in [3.8, 4) is 5.75 Å². The van der Waals surface area contributed by atoms with Crippen LogP contribution in [0, 0.1) is 5.82 Å². The van der Waals surface area contributed by atoms with Crippen molar-refractivity contribution in [2.45, 2.75) is 6.42 Å². The van der Waals surface area contributed by atoms with Crippen LogP contribution in [0.1, 0.15) is 5.56 Å². The first-order valence-electron chi connectivity index (χ1n) is 6.98. The van der Waals surface area contributed by atoms with Crippen molar-refractivity contribution in [3.05, 3.63) is 59.9 Å². The molecule has 2 rings (SSSR count). The molecule has 1 N–H and O–H groups in total. The Labute approximate surface area is 124 Å². The molecule has 0 spiro atoms. The molecule has 4 heteroatoms. The quantitative estimate of drug-likeness (QED) is 0.754. The highest BCUT2D eigenvalue weighted by Crippen LogP contribution is 2.13. The van der Waals surface area contributed by atoms with Gasteiger partial charge in [0.1, 0.15) is 18.2 Å². The van der Waals surface area contributed by atoms with Crippen LogP contribution in [0.5, 0.6) is 5.75 Å². The second-order valence-corrected chi connectivity index (χ2v) is 4.67. The normalized spacial score (nSPS) is 10.4. The third-order valence-corrected chi connectivity index (χ3v) is 3.06. The third-order valence-electron chi connectivity index (χ3n) is 3.06. The summed E-state index contributed by atoms with van der Waals surface area (Å²) in [5.74, 6) is 0.613. The molecule has 0 aromatic heterocycles. The highest BCUT2D eigenvalue weighted by atomic mass is 19.1. The summed E-state index contributed by atoms with van der Waals surface area (Å²) in [5, 5.41) is 3.17. The van der Waals surface area contributed by atoms with Crippen molar-refractivity contribution in [2.24, 2.45) is 0 Å². The lowest BCUT2D eigenvalue weighted by Crippen LogP contribution is -2.11. The van der Waals surface area contributed by atoms with E-state index in [-0.39, 0.29) is 5.82 Å². The Morgan fingerprint density at radius 3 is 2.33 bits per heavy atom. The summed E-state index contributed by atoms with van der Waals surface area (Å²) in [6, 6.07) is 14.3. The largest absolute Gasteiger partial charge is 0.492 e. The molecule has 0 bridgehead atoms. The van der Waals surface area contributed by atoms with Gasteiger partial charge >= 0.3 is 0 Å². The van der Waals surface area contributed by atoms with Gasteiger partial charge in [-0.05, 0) is 48.4 Å². The van der Waals surface area contributed by atoms with Crippen LogP contribution in [0.4, 0.5) is 10.1 Å². The minimum atomic E-state index is -0.231. The van der Waals surface area contributed by atoms with Crippen molar-refractivity contribution < 1.29 is 13.9 Å². The number of benzene rings is 2. The molecule has 112 valence electrons. The van der Waals surface area contributed by atoms with Crippen LogP contribution in [0.2, 0.25) is 0 Å². The molecule has 0 aliphatic heterocycles. The number of hydrogen-bond donors (Lipinski definition) is 1. The van der Waals surface area contributed by atoms with Crippen LogP contribution in [-0.2, 0) is 11.2 Å². The van der Waals surface area contributed by atoms with Gasteiger partial charge in [0.05, 0.1) is 6.61 Å². The van der Waals surface area contributed by atoms with Gasteiger partial charge in [-0.2, -0.15) is 0 Å². The van der Waals surface area contributed by atoms with Crippen molar-refractivity contribution >= 4 is 5.69 Å². The van der Waals surface area contributed by atoms with E-state index in [4.69, 9.17) is 9.47 Å². The standard InChI is InChI=1S/C17H20FNO2/c1-20-12-10-14-2-8-17(9-3-14)21-13-11-19-16-6-4-15(18)5-7-16/h2-9,19H,10-13H2,1H3. The van der Waals surface area contributed by atoms with Gasteiger partial charge in [0.15, 0.2) is 0 Å². The molecule has 0 heterocycles. The molecular formula is C17H20FNO2. The average molecular weight is 289 g/mol. The van der Waals surface area contributed by atoms with E-state index in [2.05, 4.69) is 5.32 Å². The van der Waals surface area contributed by atoms with Crippen LogP contribution >= 0.6 is 0 Å². The highest BCUT2D eigenvalue weighted by Gasteiger charge is 1.97. The fourth-order valence-corrected chi connectivity index (χ4v) is 1.90. The van der Waals surface area contributed by atoms with E-state index in [0.717, 1.165) is 24.5 Å². The maximum atomic E-state index is 12.7. The summed E-state index contributed by atoms with van der Waals surface area (Å²) < 4.78 is 23.4. The summed E-state index contributed by atoms with van der Waals surface area (Å²) in [4.78, 5) is 0. The molecule has 21 heavy (non-hydrogen) atoms. The molecular weight excluding hydrogens is 269 g/mol. The number of rotatable bonds is 8. The Hall–Kier alpha value is -2.07. The predicted molar refractivity (Wildman–Crippen MR) is 82.4 cm³/mol. The lowest BCUT2D eigenvalue weighted by molar-refractivity contribution is 0.202. The molecule has 0 saturated carbocycles. The maximum absolute atomic E-state index is 12.7. The summed E-state index contributed by atoms with van der Waals surface area (Å²) in [5.41, 5.74) is 2.11. The Bertz CT molecular complexity index is 525. The van der Waals surface area contributed by atoms with Crippen molar-refractivity contribution in [1.82, 2.24) is 0 Å². The van der Waals surface area contributed by atoms with Crippen LogP contribution < -0.4 is 10.1 Å². The van der Waals surface area contributed by atoms with Gasteiger partial charge in [0, 0.05) is 19.3 Å². The van der Waals surface area contributed by atoms with Gasteiger partial charge in [-0.1, -0.05) is 12.1 Å². The number of anilines is 1. The van der Waals surface area contributed by atoms with Gasteiger partial charge in [0.25, 0.3) is 0 Å². The fraction of sp³-hybridized carbons (Fsp3) is 0.294. The van der Waals surface area contributed by atoms with E-state index in [0.29, 0.717) is 13.2 Å². The Balaban J connectivity index is 1.69. The van der Waals surface area contributed by atoms with Gasteiger partial charge in [-0.3, -0.25) is 0 Å². The lowest BCUT2D eigenvalue weighted by atomic mass is 10.1. The Morgan fingerprint density at radius 1 is 0.952 bits per heavy atom. The first-order valence-corrected chi connectivity index (χ1v) is 6.98. The van der Waals surface area contributed by atoms with E-state index >= 15 is 0 Å². The van der Waals surface area contributed by atoms with Crippen LogP contribution in [0.15, 0.2) is 48.5 Å². The fourth-order valence-electron chi connectivity index (χ4n) is 1.90. The second kappa shape index (κ2) is 8.27. The van der Waals surface area contributed by atoms with Crippen molar-refractivity contribution in [2.75, 3.05) is 32.2 Å². The van der Waals surface area contributed by atoms with Gasteiger partial charge < -0.3 is 14.8 Å². The SMILES string of the molecule is COCCc1ccc(OCCNc2ccc(F)cc2)cc1. The number of ether oxygens (including phenoxy) is 2. The summed E-state index contributed by atoms with van der Waals surface area (Å²) in [6.07, 6.45) is 0.906. The highest BCUT2D eigenvalue weighted by molar-refractivity contribution is 5.42. The molecule has 0 saturated heterocycles. The molecule has 0 aliphatic carbocycles. The molecule has 0 atom stereocenters. The first kappa shape index (κ1) is 15.3. The minimum Gasteiger partial charge on any atom is -0.492 e. The van der Waals surface area contributed by atoms with E-state index in [1.165, 1.54) is 17.7 Å². The van der Waals surface area contributed by atoms with E-state index in [1.54, 1.807) is 19.2 Å². The molecule has 3 nitrogen and oxygen atoms in total. The smallest absolute Gasteiger partial charge is 0.123 e. The summed E-state index contributed by atoms with van der Waals surface area (Å²) in [6.45, 7) is 1.94. The summed E-state index contributed by atoms with van der Waals surface area (Å²) in [7, 11) is 1.70. The van der Waals surface area contributed by atoms with Crippen molar-refractivity contribution in [1.29, 1.82) is 0 Å². The van der Waals surface area contributed by atoms with Gasteiger partial charge in [-0.15, -0.1) is 0 Å². The predicted octanol–water partition coefficient (Wildman–Crippen LogP) is 3.51. The first-order chi connectivity index (χ1) is 10.3. The number of hydrogen-bond acceptors (Lipinski definition) is 3. The molecule has 2 aromatic carbocycles. The third kappa shape index (κ3) is 5.44. The van der Waals surface area contributed by atoms with Crippen LogP contribution in [0.3, 0.4) is 0 Å². The zero-order valence-corrected chi connectivity index (χ0v) is 12.1. The van der Waals surface area contributed by atoms with Gasteiger partial charge in [-0.25, -0.2) is 4.39 Å². The van der Waals surface area contributed by atoms with Crippen molar-refractivity contribution in [3.63, 3.8) is 0 Å². The topological polar surface area (TPSA) is 30.5 Å². The molecule has 0 fully saturated rings. The molecule has 0 amide bonds. The van der Waals surface area contributed by atoms with E-state index in [9.17, 15) is 4.39 Å². The summed E-state index contributed by atoms with van der Waals surface area (Å²) >= 11 is 0. The molecule has 0 radical (unpaired) electrons. The number of nitrogens with one attached hydrogen (secondary N) is 1. The van der Waals surface area contributed by atoms with Gasteiger partial charge in [0.2, 0.25) is 0 Å². The molecule has 0 unspecified atom stereocenters. The zero-order valence-electron chi connectivity index (χ0n) is 12.1. The number of methoxy groups -OCH3 is 1. The monoisotopic (exact) mass is 289 g/mol. The zero-order chi connectivity index (χ0) is 14.9. The minimum absolute atomic E-state index is 0.231. The van der Waals surface area contributed by atoms with Crippen LogP contribution in [0.25, 0.3) is 0 Å². The maximum Gasteiger partial charge on any atom is 0.123 e. The molecule has 2 aromatic rings. The Kier molecular flexibility index (Phi) is 6.03. The molecule has 0 aliphatic rings.